The molecule has 0 heterocycles. The van der Waals surface area contributed by atoms with Crippen LogP contribution in [0.2, 0.25) is 6.04 Å². The highest BCUT2D eigenvalue weighted by molar-refractivity contribution is 6.60. The van der Waals surface area contributed by atoms with Crippen molar-refractivity contribution in [2.75, 3.05) is 13.2 Å². The van der Waals surface area contributed by atoms with Crippen LogP contribution < -0.4 is 5.32 Å². The van der Waals surface area contributed by atoms with Crippen molar-refractivity contribution in [3.8, 4) is 0 Å². The fourth-order valence-electron chi connectivity index (χ4n) is 2.74. The zero-order valence-electron chi connectivity index (χ0n) is 13.0. The molecule has 1 saturated carbocycles. The number of hydrogen-bond acceptors (Lipinski definition) is 4. The van der Waals surface area contributed by atoms with Crippen LogP contribution in [0.5, 0.6) is 0 Å². The van der Waals surface area contributed by atoms with E-state index in [0.29, 0.717) is 19.3 Å². The van der Waals surface area contributed by atoms with Gasteiger partial charge in [-0.25, -0.2) is 0 Å². The molecule has 0 radical (unpaired) electrons. The SMILES string of the molecule is CCO[Si](CC)(OCC)OC(C)NC1CCCCC1. The maximum Gasteiger partial charge on any atom is 0.501 e. The summed E-state index contributed by atoms with van der Waals surface area (Å²) >= 11 is 0. The number of hydrogen-bond donors (Lipinski definition) is 1. The van der Waals surface area contributed by atoms with Crippen LogP contribution in [0.1, 0.15) is 59.8 Å². The Morgan fingerprint density at radius 2 is 1.63 bits per heavy atom. The second kappa shape index (κ2) is 9.08. The van der Waals surface area contributed by atoms with Gasteiger partial charge in [0.25, 0.3) is 0 Å². The Kier molecular flexibility index (Phi) is 8.17. The molecule has 1 aliphatic carbocycles. The van der Waals surface area contributed by atoms with Crippen LogP contribution in [0.25, 0.3) is 0 Å². The predicted octanol–water partition coefficient (Wildman–Crippen LogP) is 3.30. The van der Waals surface area contributed by atoms with Gasteiger partial charge in [0.2, 0.25) is 0 Å². The molecule has 114 valence electrons. The molecule has 0 saturated heterocycles. The summed E-state index contributed by atoms with van der Waals surface area (Å²) in [7, 11) is -2.48. The zero-order valence-corrected chi connectivity index (χ0v) is 14.0. The van der Waals surface area contributed by atoms with Crippen LogP contribution in [-0.2, 0) is 13.3 Å². The molecule has 1 atom stereocenters. The van der Waals surface area contributed by atoms with Crippen molar-refractivity contribution in [1.29, 1.82) is 0 Å². The van der Waals surface area contributed by atoms with Crippen molar-refractivity contribution in [3.05, 3.63) is 0 Å². The largest absolute Gasteiger partial charge is 0.501 e. The van der Waals surface area contributed by atoms with Crippen molar-refractivity contribution >= 4 is 8.80 Å². The Morgan fingerprint density at radius 1 is 1.05 bits per heavy atom. The molecule has 4 nitrogen and oxygen atoms in total. The van der Waals surface area contributed by atoms with Crippen LogP contribution in [0.15, 0.2) is 0 Å². The molecule has 0 amide bonds. The highest BCUT2D eigenvalue weighted by Gasteiger charge is 2.40. The van der Waals surface area contributed by atoms with E-state index in [-0.39, 0.29) is 6.23 Å². The summed E-state index contributed by atoms with van der Waals surface area (Å²) in [5.74, 6) is 0. The third kappa shape index (κ3) is 5.91. The maximum absolute atomic E-state index is 6.15. The van der Waals surface area contributed by atoms with Gasteiger partial charge in [-0.1, -0.05) is 26.2 Å². The minimum Gasteiger partial charge on any atom is -0.374 e. The van der Waals surface area contributed by atoms with Gasteiger partial charge in [0.1, 0.15) is 0 Å². The molecule has 1 fully saturated rings. The van der Waals surface area contributed by atoms with Crippen LogP contribution in [0.3, 0.4) is 0 Å². The van der Waals surface area contributed by atoms with Gasteiger partial charge in [-0.2, -0.15) is 0 Å². The quantitative estimate of drug-likeness (QED) is 0.522. The lowest BCUT2D eigenvalue weighted by atomic mass is 9.95. The van der Waals surface area contributed by atoms with E-state index in [9.17, 15) is 0 Å². The molecule has 0 spiro atoms. The molecular formula is C14H31NO3Si. The van der Waals surface area contributed by atoms with Crippen molar-refractivity contribution in [2.45, 2.75) is 78.1 Å². The van der Waals surface area contributed by atoms with Crippen molar-refractivity contribution in [2.24, 2.45) is 0 Å². The average molecular weight is 289 g/mol. The Bertz CT molecular complexity index is 229. The van der Waals surface area contributed by atoms with Gasteiger partial charge in [-0.15, -0.1) is 0 Å². The first-order valence-electron chi connectivity index (χ1n) is 7.87. The summed E-state index contributed by atoms with van der Waals surface area (Å²) in [5, 5.41) is 3.58. The van der Waals surface area contributed by atoms with Crippen LogP contribution in [0, 0.1) is 0 Å². The second-order valence-electron chi connectivity index (χ2n) is 5.16. The predicted molar refractivity (Wildman–Crippen MR) is 80.0 cm³/mol. The minimum atomic E-state index is -2.48. The van der Waals surface area contributed by atoms with Gasteiger partial charge in [-0.05, 0) is 33.6 Å². The molecule has 1 unspecified atom stereocenters. The van der Waals surface area contributed by atoms with E-state index < -0.39 is 8.80 Å². The number of rotatable bonds is 9. The first-order valence-corrected chi connectivity index (χ1v) is 9.80. The van der Waals surface area contributed by atoms with Crippen molar-refractivity contribution in [3.63, 3.8) is 0 Å². The first kappa shape index (κ1) is 17.1. The second-order valence-corrected chi connectivity index (χ2v) is 8.05. The van der Waals surface area contributed by atoms with E-state index in [2.05, 4.69) is 19.2 Å². The van der Waals surface area contributed by atoms with E-state index in [4.69, 9.17) is 13.3 Å². The fraction of sp³-hybridized carbons (Fsp3) is 1.00. The smallest absolute Gasteiger partial charge is 0.374 e. The standard InChI is InChI=1S/C14H31NO3Si/c1-5-16-19(7-3,17-6-2)18-13(4)15-14-11-9-8-10-12-14/h13-15H,5-12H2,1-4H3. The van der Waals surface area contributed by atoms with Crippen LogP contribution in [0.4, 0.5) is 0 Å². The lowest BCUT2D eigenvalue weighted by Crippen LogP contribution is -2.52. The highest BCUT2D eigenvalue weighted by atomic mass is 28.4. The maximum atomic E-state index is 6.15. The summed E-state index contributed by atoms with van der Waals surface area (Å²) in [6.45, 7) is 9.46. The van der Waals surface area contributed by atoms with Gasteiger partial charge in [0, 0.05) is 25.3 Å². The number of nitrogens with one attached hydrogen (secondary N) is 1. The Balaban J connectivity index is 2.46. The lowest BCUT2D eigenvalue weighted by Gasteiger charge is -2.33. The van der Waals surface area contributed by atoms with Crippen LogP contribution >= 0.6 is 0 Å². The minimum absolute atomic E-state index is 0.00724. The third-order valence-corrected chi connectivity index (χ3v) is 6.63. The molecule has 19 heavy (non-hydrogen) atoms. The van der Waals surface area contributed by atoms with Crippen molar-refractivity contribution in [1.82, 2.24) is 5.32 Å². The summed E-state index contributed by atoms with van der Waals surface area (Å²) in [5.41, 5.74) is 0. The molecule has 1 N–H and O–H groups in total. The molecule has 0 aromatic carbocycles. The van der Waals surface area contributed by atoms with Gasteiger partial charge in [-0.3, -0.25) is 5.32 Å². The van der Waals surface area contributed by atoms with Crippen LogP contribution in [-0.4, -0.2) is 34.3 Å². The van der Waals surface area contributed by atoms with Gasteiger partial charge in [0.05, 0.1) is 6.23 Å². The molecule has 0 aliphatic heterocycles. The molecular weight excluding hydrogens is 258 g/mol. The molecule has 0 aromatic heterocycles. The Hall–Kier alpha value is 0.0569. The van der Waals surface area contributed by atoms with E-state index in [1.165, 1.54) is 32.1 Å². The summed E-state index contributed by atoms with van der Waals surface area (Å²) in [6, 6.07) is 1.42. The molecule has 0 bridgehead atoms. The summed E-state index contributed by atoms with van der Waals surface area (Å²) in [6.07, 6.45) is 6.57. The molecule has 1 rings (SSSR count). The third-order valence-electron chi connectivity index (χ3n) is 3.59. The summed E-state index contributed by atoms with van der Waals surface area (Å²) < 4.78 is 17.8. The van der Waals surface area contributed by atoms with E-state index in [0.717, 1.165) is 6.04 Å². The fourth-order valence-corrected chi connectivity index (χ4v) is 5.02. The zero-order chi connectivity index (χ0) is 14.1. The topological polar surface area (TPSA) is 39.7 Å². The Morgan fingerprint density at radius 3 is 2.11 bits per heavy atom. The lowest BCUT2D eigenvalue weighted by molar-refractivity contribution is 0.0210. The normalized spacial score (nSPS) is 19.6. The van der Waals surface area contributed by atoms with Gasteiger partial charge < -0.3 is 13.3 Å². The monoisotopic (exact) mass is 289 g/mol. The average Bonchev–Trinajstić information content (AvgIpc) is 2.40. The summed E-state index contributed by atoms with van der Waals surface area (Å²) in [4.78, 5) is 0. The van der Waals surface area contributed by atoms with Crippen molar-refractivity contribution < 1.29 is 13.3 Å². The molecule has 1 aliphatic rings. The van der Waals surface area contributed by atoms with Gasteiger partial charge >= 0.3 is 8.80 Å². The highest BCUT2D eigenvalue weighted by Crippen LogP contribution is 2.20. The van der Waals surface area contributed by atoms with E-state index >= 15 is 0 Å². The van der Waals surface area contributed by atoms with E-state index in [1.807, 2.05) is 13.8 Å². The Labute approximate surface area is 119 Å². The van der Waals surface area contributed by atoms with E-state index in [1.54, 1.807) is 0 Å². The van der Waals surface area contributed by atoms with Gasteiger partial charge in [0.15, 0.2) is 0 Å². The molecule has 5 heteroatoms. The first-order chi connectivity index (χ1) is 9.15. The molecule has 0 aromatic rings.